The Labute approximate surface area is 67.1 Å². The second-order valence-corrected chi connectivity index (χ2v) is 3.67. The Morgan fingerprint density at radius 1 is 1.60 bits per heavy atom. The predicted molar refractivity (Wildman–Crippen MR) is 47.6 cm³/mol. The van der Waals surface area contributed by atoms with Crippen LogP contribution in [0.25, 0.3) is 0 Å². The maximum Gasteiger partial charge on any atom is 0.0335 e. The lowest BCUT2D eigenvalue weighted by atomic mass is 10.2. The van der Waals surface area contributed by atoms with Crippen molar-refractivity contribution >= 4 is 11.8 Å². The molecule has 0 aromatic carbocycles. The first-order chi connectivity index (χ1) is 4.88. The van der Waals surface area contributed by atoms with E-state index < -0.39 is 0 Å². The van der Waals surface area contributed by atoms with Crippen LogP contribution >= 0.6 is 11.8 Å². The Bertz CT molecular complexity index is 97.6. The zero-order chi connectivity index (χ0) is 7.40. The molecule has 1 aliphatic heterocycles. The second-order valence-electron chi connectivity index (χ2n) is 2.60. The van der Waals surface area contributed by atoms with Crippen LogP contribution in [0.3, 0.4) is 0 Å². The summed E-state index contributed by atoms with van der Waals surface area (Å²) in [5.74, 6) is 0. The van der Waals surface area contributed by atoms with Crippen molar-refractivity contribution < 1.29 is 0 Å². The molecule has 0 saturated carbocycles. The normalized spacial score (nSPS) is 33.0. The number of nitrogens with one attached hydrogen (secondary N) is 2. The molecule has 0 bridgehead atoms. The van der Waals surface area contributed by atoms with Gasteiger partial charge in [-0.05, 0) is 12.8 Å². The van der Waals surface area contributed by atoms with Gasteiger partial charge in [0.2, 0.25) is 0 Å². The van der Waals surface area contributed by atoms with Gasteiger partial charge in [0.05, 0.1) is 0 Å². The van der Waals surface area contributed by atoms with Crippen LogP contribution in [-0.4, -0.2) is 37.2 Å². The van der Waals surface area contributed by atoms with Gasteiger partial charge in [0, 0.05) is 24.4 Å². The van der Waals surface area contributed by atoms with Crippen LogP contribution in [0.4, 0.5) is 0 Å². The van der Waals surface area contributed by atoms with Gasteiger partial charge in [-0.25, -0.2) is 0 Å². The Morgan fingerprint density at radius 2 is 2.40 bits per heavy atom. The van der Waals surface area contributed by atoms with Crippen LogP contribution in [0.1, 0.15) is 6.92 Å². The summed E-state index contributed by atoms with van der Waals surface area (Å²) >= 11 is 1.96. The number of hydrogen-bond acceptors (Lipinski definition) is 3. The first kappa shape index (κ1) is 8.37. The van der Waals surface area contributed by atoms with Crippen LogP contribution < -0.4 is 10.6 Å². The lowest BCUT2D eigenvalue weighted by Crippen LogP contribution is -2.37. The average Bonchev–Trinajstić information content (AvgIpc) is 2.36. The molecular weight excluding hydrogens is 144 g/mol. The smallest absolute Gasteiger partial charge is 0.0335 e. The fourth-order valence-corrected chi connectivity index (χ4v) is 2.17. The van der Waals surface area contributed by atoms with Gasteiger partial charge in [-0.2, -0.15) is 11.8 Å². The number of thioether (sulfide) groups is 1. The third kappa shape index (κ3) is 1.87. The Kier molecular flexibility index (Phi) is 3.52. The van der Waals surface area contributed by atoms with E-state index in [1.807, 2.05) is 11.8 Å². The van der Waals surface area contributed by atoms with E-state index in [-0.39, 0.29) is 0 Å². The maximum absolute atomic E-state index is 3.46. The molecule has 10 heavy (non-hydrogen) atoms. The molecule has 60 valence electrons. The summed E-state index contributed by atoms with van der Waals surface area (Å²) in [7, 11) is 0. The van der Waals surface area contributed by atoms with Crippen LogP contribution in [-0.2, 0) is 0 Å². The van der Waals surface area contributed by atoms with E-state index in [2.05, 4.69) is 23.8 Å². The van der Waals surface area contributed by atoms with Gasteiger partial charge in [0.15, 0.2) is 0 Å². The Morgan fingerprint density at radius 3 is 3.00 bits per heavy atom. The van der Waals surface area contributed by atoms with E-state index in [0.29, 0.717) is 6.04 Å². The highest BCUT2D eigenvalue weighted by molar-refractivity contribution is 7.99. The van der Waals surface area contributed by atoms with Gasteiger partial charge in [-0.1, -0.05) is 6.92 Å². The lowest BCUT2D eigenvalue weighted by Gasteiger charge is -2.16. The minimum atomic E-state index is 0.694. The van der Waals surface area contributed by atoms with E-state index in [9.17, 15) is 0 Å². The lowest BCUT2D eigenvalue weighted by molar-refractivity contribution is 0.575. The average molecular weight is 160 g/mol. The quantitative estimate of drug-likeness (QED) is 0.621. The van der Waals surface area contributed by atoms with Crippen LogP contribution in [0, 0.1) is 0 Å². The van der Waals surface area contributed by atoms with Crippen molar-refractivity contribution in [3.05, 3.63) is 0 Å². The summed E-state index contributed by atoms with van der Waals surface area (Å²) in [5, 5.41) is 7.61. The molecule has 2 atom stereocenters. The summed E-state index contributed by atoms with van der Waals surface area (Å²) in [4.78, 5) is 0. The minimum Gasteiger partial charge on any atom is -0.314 e. The van der Waals surface area contributed by atoms with Crippen molar-refractivity contribution in [1.82, 2.24) is 10.6 Å². The largest absolute Gasteiger partial charge is 0.314 e. The second kappa shape index (κ2) is 4.21. The van der Waals surface area contributed by atoms with Crippen molar-refractivity contribution in [3.8, 4) is 0 Å². The fourth-order valence-electron chi connectivity index (χ4n) is 1.37. The van der Waals surface area contributed by atoms with Gasteiger partial charge >= 0.3 is 0 Å². The maximum atomic E-state index is 3.46. The van der Waals surface area contributed by atoms with Gasteiger partial charge < -0.3 is 10.6 Å². The third-order valence-corrected chi connectivity index (χ3v) is 3.03. The molecule has 1 fully saturated rings. The van der Waals surface area contributed by atoms with Crippen LogP contribution in [0.15, 0.2) is 0 Å². The van der Waals surface area contributed by atoms with Crippen molar-refractivity contribution in [1.29, 1.82) is 0 Å². The number of likely N-dealkylation sites (N-methyl/N-ethyl adjacent to an activating group) is 1. The number of rotatable bonds is 3. The molecule has 2 nitrogen and oxygen atoms in total. The van der Waals surface area contributed by atoms with Crippen LogP contribution in [0.5, 0.6) is 0 Å². The SMILES string of the molecule is CCNC1CNCC1SC. The van der Waals surface area contributed by atoms with Crippen molar-refractivity contribution in [2.75, 3.05) is 25.9 Å². The molecule has 0 spiro atoms. The molecule has 3 heteroatoms. The van der Waals surface area contributed by atoms with E-state index >= 15 is 0 Å². The Hall–Kier alpha value is 0.270. The van der Waals surface area contributed by atoms with Gasteiger partial charge in [0.1, 0.15) is 0 Å². The third-order valence-electron chi connectivity index (χ3n) is 1.93. The highest BCUT2D eigenvalue weighted by Crippen LogP contribution is 2.14. The van der Waals surface area contributed by atoms with E-state index in [1.165, 1.54) is 6.54 Å². The molecule has 0 amide bonds. The van der Waals surface area contributed by atoms with E-state index in [1.54, 1.807) is 0 Å². The molecule has 0 aromatic heterocycles. The standard InChI is InChI=1S/C7H16N2S/c1-3-9-6-4-8-5-7(6)10-2/h6-9H,3-5H2,1-2H3. The molecule has 1 rings (SSSR count). The monoisotopic (exact) mass is 160 g/mol. The molecule has 2 N–H and O–H groups in total. The molecular formula is C7H16N2S. The molecule has 1 heterocycles. The highest BCUT2D eigenvalue weighted by atomic mass is 32.2. The van der Waals surface area contributed by atoms with Crippen molar-refractivity contribution in [2.45, 2.75) is 18.2 Å². The van der Waals surface area contributed by atoms with E-state index in [4.69, 9.17) is 0 Å². The van der Waals surface area contributed by atoms with Gasteiger partial charge in [-0.3, -0.25) is 0 Å². The van der Waals surface area contributed by atoms with Crippen LogP contribution in [0.2, 0.25) is 0 Å². The summed E-state index contributed by atoms with van der Waals surface area (Å²) in [6.07, 6.45) is 2.18. The first-order valence-electron chi connectivity index (χ1n) is 3.85. The predicted octanol–water partition coefficient (Wildman–Crippen LogP) is 0.299. The summed E-state index contributed by atoms with van der Waals surface area (Å²) in [5.41, 5.74) is 0. The Balaban J connectivity index is 2.27. The molecule has 0 aliphatic carbocycles. The zero-order valence-electron chi connectivity index (χ0n) is 6.68. The molecule has 1 aliphatic rings. The van der Waals surface area contributed by atoms with E-state index in [0.717, 1.165) is 18.3 Å². The van der Waals surface area contributed by atoms with Gasteiger partial charge in [0.25, 0.3) is 0 Å². The van der Waals surface area contributed by atoms with Crippen molar-refractivity contribution in [2.24, 2.45) is 0 Å². The fraction of sp³-hybridized carbons (Fsp3) is 1.00. The zero-order valence-corrected chi connectivity index (χ0v) is 7.50. The topological polar surface area (TPSA) is 24.1 Å². The molecule has 0 aromatic rings. The molecule has 2 unspecified atom stereocenters. The molecule has 0 radical (unpaired) electrons. The summed E-state index contributed by atoms with van der Waals surface area (Å²) in [6, 6.07) is 0.694. The molecule has 1 saturated heterocycles. The number of hydrogen-bond donors (Lipinski definition) is 2. The summed E-state index contributed by atoms with van der Waals surface area (Å²) in [6.45, 7) is 5.55. The van der Waals surface area contributed by atoms with Crippen molar-refractivity contribution in [3.63, 3.8) is 0 Å². The highest BCUT2D eigenvalue weighted by Gasteiger charge is 2.24. The minimum absolute atomic E-state index is 0.694. The summed E-state index contributed by atoms with van der Waals surface area (Å²) < 4.78 is 0. The van der Waals surface area contributed by atoms with Gasteiger partial charge in [-0.15, -0.1) is 0 Å². The first-order valence-corrected chi connectivity index (χ1v) is 5.14.